The molecular formula is C26H26N4O4. The van der Waals surface area contributed by atoms with Crippen LogP contribution in [0, 0.1) is 13.8 Å². The van der Waals surface area contributed by atoms with Gasteiger partial charge in [-0.25, -0.2) is 4.98 Å². The first-order valence-corrected chi connectivity index (χ1v) is 10.7. The molecular weight excluding hydrogens is 432 g/mol. The number of rotatable bonds is 8. The minimum absolute atomic E-state index is 0.137. The Morgan fingerprint density at radius 1 is 0.941 bits per heavy atom. The third kappa shape index (κ3) is 5.01. The molecule has 0 aliphatic rings. The molecule has 2 aromatic heterocycles. The molecule has 8 nitrogen and oxygen atoms in total. The molecule has 174 valence electrons. The number of ether oxygens (including phenoxy) is 3. The topological polar surface area (TPSA) is 87.5 Å². The van der Waals surface area contributed by atoms with E-state index in [4.69, 9.17) is 14.2 Å². The normalized spacial score (nSPS) is 10.6. The fourth-order valence-corrected chi connectivity index (χ4v) is 3.39. The summed E-state index contributed by atoms with van der Waals surface area (Å²) in [5.41, 5.74) is 3.70. The van der Waals surface area contributed by atoms with Crippen LogP contribution in [0.5, 0.6) is 17.2 Å². The van der Waals surface area contributed by atoms with Gasteiger partial charge in [0.1, 0.15) is 11.6 Å². The zero-order valence-electron chi connectivity index (χ0n) is 19.5. The largest absolute Gasteiger partial charge is 0.493 e. The summed E-state index contributed by atoms with van der Waals surface area (Å²) in [4.78, 5) is 17.1. The number of pyridine rings is 1. The van der Waals surface area contributed by atoms with Crippen LogP contribution in [0.3, 0.4) is 0 Å². The van der Waals surface area contributed by atoms with E-state index in [2.05, 4.69) is 15.4 Å². The Labute approximate surface area is 198 Å². The first kappa shape index (κ1) is 22.8. The number of nitrogens with zero attached hydrogens (tertiary/aromatic N) is 3. The van der Waals surface area contributed by atoms with Crippen LogP contribution in [0.1, 0.15) is 11.1 Å². The van der Waals surface area contributed by atoms with Gasteiger partial charge in [-0.3, -0.25) is 4.79 Å². The van der Waals surface area contributed by atoms with Gasteiger partial charge in [0.2, 0.25) is 0 Å². The minimum Gasteiger partial charge on any atom is -0.493 e. The van der Waals surface area contributed by atoms with Crippen LogP contribution in [0.4, 0.5) is 5.82 Å². The van der Waals surface area contributed by atoms with Crippen molar-refractivity contribution in [2.24, 2.45) is 0 Å². The summed E-state index contributed by atoms with van der Waals surface area (Å²) in [5.74, 6) is 2.57. The van der Waals surface area contributed by atoms with Crippen LogP contribution in [-0.2, 0) is 4.79 Å². The van der Waals surface area contributed by atoms with Crippen molar-refractivity contribution in [3.05, 3.63) is 78.0 Å². The van der Waals surface area contributed by atoms with E-state index in [0.717, 1.165) is 11.1 Å². The Morgan fingerprint density at radius 3 is 2.47 bits per heavy atom. The molecule has 4 aromatic rings. The molecule has 0 unspecified atom stereocenters. The maximum atomic E-state index is 12.7. The number of carbonyl (C=O) groups is 1. The summed E-state index contributed by atoms with van der Waals surface area (Å²) in [6.45, 7) is 3.89. The quantitative estimate of drug-likeness (QED) is 0.416. The van der Waals surface area contributed by atoms with Gasteiger partial charge in [-0.05, 0) is 67.4 Å². The monoisotopic (exact) mass is 458 g/mol. The molecule has 1 amide bonds. The molecule has 2 aromatic carbocycles. The predicted molar refractivity (Wildman–Crippen MR) is 130 cm³/mol. The van der Waals surface area contributed by atoms with Crippen LogP contribution in [0.2, 0.25) is 0 Å². The van der Waals surface area contributed by atoms with Crippen LogP contribution in [0.15, 0.2) is 66.9 Å². The Kier molecular flexibility index (Phi) is 6.77. The highest BCUT2D eigenvalue weighted by molar-refractivity contribution is 5.92. The van der Waals surface area contributed by atoms with Crippen LogP contribution >= 0.6 is 0 Å². The molecule has 0 radical (unpaired) electrons. The lowest BCUT2D eigenvalue weighted by atomic mass is 10.1. The lowest BCUT2D eigenvalue weighted by molar-refractivity contribution is -0.118. The van der Waals surface area contributed by atoms with E-state index in [1.807, 2.05) is 68.4 Å². The summed E-state index contributed by atoms with van der Waals surface area (Å²) in [5, 5.41) is 7.56. The van der Waals surface area contributed by atoms with Crippen molar-refractivity contribution in [2.75, 3.05) is 26.1 Å². The maximum Gasteiger partial charge on any atom is 0.263 e. The van der Waals surface area contributed by atoms with E-state index >= 15 is 0 Å². The lowest BCUT2D eigenvalue weighted by Gasteiger charge is -2.10. The van der Waals surface area contributed by atoms with E-state index in [0.29, 0.717) is 34.6 Å². The summed E-state index contributed by atoms with van der Waals surface area (Å²) in [6, 6.07) is 18.5. The second-order valence-corrected chi connectivity index (χ2v) is 7.67. The number of anilines is 1. The van der Waals surface area contributed by atoms with Gasteiger partial charge in [0.15, 0.2) is 23.9 Å². The molecule has 4 rings (SSSR count). The van der Waals surface area contributed by atoms with Crippen molar-refractivity contribution >= 4 is 11.7 Å². The number of amides is 1. The first-order valence-electron chi connectivity index (χ1n) is 10.7. The number of hydrogen-bond acceptors (Lipinski definition) is 6. The average molecular weight is 459 g/mol. The Bertz CT molecular complexity index is 1300. The fourth-order valence-electron chi connectivity index (χ4n) is 3.39. The molecule has 0 aliphatic carbocycles. The highest BCUT2D eigenvalue weighted by atomic mass is 16.5. The zero-order chi connectivity index (χ0) is 24.1. The number of methoxy groups -OCH3 is 2. The molecule has 0 fully saturated rings. The van der Waals surface area contributed by atoms with Crippen molar-refractivity contribution < 1.29 is 19.0 Å². The van der Waals surface area contributed by atoms with Gasteiger partial charge in [-0.15, -0.1) is 0 Å². The van der Waals surface area contributed by atoms with Crippen LogP contribution < -0.4 is 19.5 Å². The smallest absolute Gasteiger partial charge is 0.263 e. The van der Waals surface area contributed by atoms with Crippen molar-refractivity contribution in [1.29, 1.82) is 0 Å². The fraction of sp³-hybridized carbons (Fsp3) is 0.192. The van der Waals surface area contributed by atoms with Crippen molar-refractivity contribution in [1.82, 2.24) is 14.8 Å². The van der Waals surface area contributed by atoms with E-state index in [-0.39, 0.29) is 12.5 Å². The third-order valence-electron chi connectivity index (χ3n) is 5.37. The van der Waals surface area contributed by atoms with Crippen LogP contribution in [-0.4, -0.2) is 41.5 Å². The van der Waals surface area contributed by atoms with Gasteiger partial charge in [0.05, 0.1) is 19.9 Å². The van der Waals surface area contributed by atoms with Gasteiger partial charge >= 0.3 is 0 Å². The molecule has 0 aliphatic heterocycles. The molecule has 0 bridgehead atoms. The second kappa shape index (κ2) is 10.1. The van der Waals surface area contributed by atoms with Gasteiger partial charge in [0, 0.05) is 17.8 Å². The summed E-state index contributed by atoms with van der Waals surface area (Å²) < 4.78 is 18.0. The van der Waals surface area contributed by atoms with Gasteiger partial charge in [-0.2, -0.15) is 9.78 Å². The van der Waals surface area contributed by atoms with Gasteiger partial charge in [0.25, 0.3) is 5.91 Å². The molecule has 2 heterocycles. The molecule has 0 spiro atoms. The number of nitrogens with one attached hydrogen (secondary N) is 1. The summed E-state index contributed by atoms with van der Waals surface area (Å²) in [6.07, 6.45) is 1.67. The second-order valence-electron chi connectivity index (χ2n) is 7.67. The predicted octanol–water partition coefficient (Wildman–Crippen LogP) is 4.59. The summed E-state index contributed by atoms with van der Waals surface area (Å²) in [7, 11) is 3.16. The van der Waals surface area contributed by atoms with Gasteiger partial charge in [-0.1, -0.05) is 12.1 Å². The zero-order valence-corrected chi connectivity index (χ0v) is 19.5. The maximum absolute atomic E-state index is 12.7. The SMILES string of the molecule is COc1ccc(-c2cc(NC(=O)COc3ccc(C)c(C)c3)n(-c3ccccn3)n2)cc1OC. The number of benzene rings is 2. The van der Waals surface area contributed by atoms with E-state index in [1.165, 1.54) is 5.56 Å². The molecule has 0 saturated carbocycles. The lowest BCUT2D eigenvalue weighted by Crippen LogP contribution is -2.22. The third-order valence-corrected chi connectivity index (χ3v) is 5.37. The minimum atomic E-state index is -0.311. The highest BCUT2D eigenvalue weighted by Crippen LogP contribution is 2.33. The Hall–Kier alpha value is -4.33. The molecule has 8 heteroatoms. The van der Waals surface area contributed by atoms with Crippen molar-refractivity contribution in [3.8, 4) is 34.3 Å². The number of hydrogen-bond donors (Lipinski definition) is 1. The number of aromatic nitrogens is 3. The Balaban J connectivity index is 1.60. The summed E-state index contributed by atoms with van der Waals surface area (Å²) >= 11 is 0. The standard InChI is InChI=1S/C26H26N4O4/c1-17-8-10-20(13-18(17)2)34-16-26(31)28-25-15-21(29-30(25)24-7-5-6-12-27-24)19-9-11-22(32-3)23(14-19)33-4/h5-15H,16H2,1-4H3,(H,28,31). The molecule has 1 N–H and O–H groups in total. The molecule has 0 atom stereocenters. The molecule has 34 heavy (non-hydrogen) atoms. The van der Waals surface area contributed by atoms with E-state index in [9.17, 15) is 4.79 Å². The Morgan fingerprint density at radius 2 is 1.76 bits per heavy atom. The van der Waals surface area contributed by atoms with Gasteiger partial charge < -0.3 is 19.5 Å². The average Bonchev–Trinajstić information content (AvgIpc) is 3.28. The first-order chi connectivity index (χ1) is 16.5. The van der Waals surface area contributed by atoms with E-state index < -0.39 is 0 Å². The van der Waals surface area contributed by atoms with Crippen LogP contribution in [0.25, 0.3) is 17.1 Å². The number of aryl methyl sites for hydroxylation is 2. The number of carbonyl (C=O) groups excluding carboxylic acids is 1. The molecule has 0 saturated heterocycles. The van der Waals surface area contributed by atoms with Crippen molar-refractivity contribution in [2.45, 2.75) is 13.8 Å². The highest BCUT2D eigenvalue weighted by Gasteiger charge is 2.16. The van der Waals surface area contributed by atoms with Crippen molar-refractivity contribution in [3.63, 3.8) is 0 Å². The van der Waals surface area contributed by atoms with E-state index in [1.54, 1.807) is 31.2 Å².